The van der Waals surface area contributed by atoms with Crippen LogP contribution in [-0.4, -0.2) is 27.9 Å². The summed E-state index contributed by atoms with van der Waals surface area (Å²) in [5.74, 6) is 1.27. The third kappa shape index (κ3) is 4.06. The van der Waals surface area contributed by atoms with Crippen LogP contribution in [0.4, 0.5) is 4.79 Å². The van der Waals surface area contributed by atoms with Crippen molar-refractivity contribution in [1.82, 2.24) is 15.5 Å². The van der Waals surface area contributed by atoms with Crippen molar-refractivity contribution in [2.45, 2.75) is 51.2 Å². The Morgan fingerprint density at radius 2 is 2.12 bits per heavy atom. The fourth-order valence-corrected chi connectivity index (χ4v) is 2.75. The van der Waals surface area contributed by atoms with Gasteiger partial charge in [-0.2, -0.15) is 4.98 Å². The van der Waals surface area contributed by atoms with Gasteiger partial charge in [0.25, 0.3) is 0 Å². The first-order valence-corrected chi connectivity index (χ1v) is 8.27. The van der Waals surface area contributed by atoms with Crippen molar-refractivity contribution in [3.05, 3.63) is 35.2 Å². The number of alkyl carbamates (subject to hydrolysis) is 1. The summed E-state index contributed by atoms with van der Waals surface area (Å²) in [5.41, 5.74) is 0.325. The molecule has 6 nitrogen and oxygen atoms in total. The van der Waals surface area contributed by atoms with Gasteiger partial charge in [-0.25, -0.2) is 4.79 Å². The predicted octanol–water partition coefficient (Wildman–Crippen LogP) is 4.16. The average Bonchev–Trinajstić information content (AvgIpc) is 2.89. The summed E-state index contributed by atoms with van der Waals surface area (Å²) in [6, 6.07) is 7.40. The Morgan fingerprint density at radius 1 is 1.38 bits per heavy atom. The minimum atomic E-state index is -0.494. The summed E-state index contributed by atoms with van der Waals surface area (Å²) < 4.78 is 10.6. The Balaban J connectivity index is 1.54. The van der Waals surface area contributed by atoms with Crippen molar-refractivity contribution < 1.29 is 14.1 Å². The van der Waals surface area contributed by atoms with Gasteiger partial charge in [-0.15, -0.1) is 0 Å². The summed E-state index contributed by atoms with van der Waals surface area (Å²) in [6.45, 7) is 5.52. The molecule has 1 amide bonds. The topological polar surface area (TPSA) is 77.2 Å². The summed E-state index contributed by atoms with van der Waals surface area (Å²) in [6.07, 6.45) is 1.13. The number of carbonyl (C=O) groups excluding carboxylic acids is 1. The second kappa shape index (κ2) is 6.43. The molecule has 1 saturated carbocycles. The Kier molecular flexibility index (Phi) is 4.49. The first-order chi connectivity index (χ1) is 11.3. The molecule has 128 valence electrons. The number of nitrogens with zero attached hydrogens (tertiary/aromatic N) is 2. The van der Waals surface area contributed by atoms with Gasteiger partial charge >= 0.3 is 6.09 Å². The highest BCUT2D eigenvalue weighted by molar-refractivity contribution is 6.30. The van der Waals surface area contributed by atoms with Crippen LogP contribution < -0.4 is 5.32 Å². The zero-order chi connectivity index (χ0) is 17.3. The molecule has 0 saturated heterocycles. The smallest absolute Gasteiger partial charge is 0.407 e. The van der Waals surface area contributed by atoms with E-state index in [0.717, 1.165) is 18.4 Å². The molecule has 1 aromatic heterocycles. The van der Waals surface area contributed by atoms with Crippen LogP contribution >= 0.6 is 11.6 Å². The highest BCUT2D eigenvalue weighted by Crippen LogP contribution is 2.37. The fourth-order valence-electron chi connectivity index (χ4n) is 2.56. The van der Waals surface area contributed by atoms with Gasteiger partial charge in [-0.3, -0.25) is 0 Å². The number of nitrogens with one attached hydrogen (secondary N) is 1. The van der Waals surface area contributed by atoms with Crippen molar-refractivity contribution in [2.24, 2.45) is 0 Å². The van der Waals surface area contributed by atoms with E-state index in [1.54, 1.807) is 12.1 Å². The van der Waals surface area contributed by atoms with E-state index in [9.17, 15) is 4.79 Å². The summed E-state index contributed by atoms with van der Waals surface area (Å²) in [5, 5.41) is 7.49. The number of benzene rings is 1. The van der Waals surface area contributed by atoms with Crippen LogP contribution in [-0.2, 0) is 4.74 Å². The zero-order valence-corrected chi connectivity index (χ0v) is 14.6. The van der Waals surface area contributed by atoms with Gasteiger partial charge in [0, 0.05) is 22.5 Å². The Bertz CT molecular complexity index is 733. The van der Waals surface area contributed by atoms with Crippen molar-refractivity contribution in [3.8, 4) is 11.4 Å². The number of amides is 1. The van der Waals surface area contributed by atoms with Gasteiger partial charge in [-0.1, -0.05) is 28.9 Å². The van der Waals surface area contributed by atoms with E-state index >= 15 is 0 Å². The molecular weight excluding hydrogens is 330 g/mol. The van der Waals surface area contributed by atoms with Crippen LogP contribution in [0.15, 0.2) is 28.8 Å². The van der Waals surface area contributed by atoms with E-state index in [2.05, 4.69) is 15.5 Å². The van der Waals surface area contributed by atoms with Gasteiger partial charge in [0.1, 0.15) is 5.60 Å². The first kappa shape index (κ1) is 16.8. The average molecular weight is 350 g/mol. The van der Waals surface area contributed by atoms with E-state index < -0.39 is 11.7 Å². The van der Waals surface area contributed by atoms with Crippen LogP contribution in [0.2, 0.25) is 5.02 Å². The first-order valence-electron chi connectivity index (χ1n) is 7.89. The van der Waals surface area contributed by atoms with Crippen LogP contribution in [0.3, 0.4) is 0 Å². The van der Waals surface area contributed by atoms with E-state index in [1.165, 1.54) is 0 Å². The Labute approximate surface area is 145 Å². The zero-order valence-electron chi connectivity index (χ0n) is 13.9. The summed E-state index contributed by atoms with van der Waals surface area (Å²) >= 11 is 5.98. The normalized spacial score (nSPS) is 20.3. The fraction of sp³-hybridized carbons (Fsp3) is 0.471. The van der Waals surface area contributed by atoms with Crippen molar-refractivity contribution in [1.29, 1.82) is 0 Å². The molecule has 1 aliphatic carbocycles. The molecule has 0 aliphatic heterocycles. The van der Waals surface area contributed by atoms with Crippen LogP contribution in [0.1, 0.15) is 45.4 Å². The SMILES string of the molecule is CC(C)(C)OC(=O)NC1CC(c2nc(-c3cccc(Cl)c3)no2)C1. The predicted molar refractivity (Wildman–Crippen MR) is 89.9 cm³/mol. The number of rotatable bonds is 3. The molecule has 1 N–H and O–H groups in total. The van der Waals surface area contributed by atoms with Gasteiger partial charge in [-0.05, 0) is 45.7 Å². The number of aromatic nitrogens is 2. The minimum Gasteiger partial charge on any atom is -0.444 e. The second-order valence-corrected chi connectivity index (χ2v) is 7.41. The molecule has 0 unspecified atom stereocenters. The van der Waals surface area contributed by atoms with Crippen molar-refractivity contribution in [2.75, 3.05) is 0 Å². The maximum atomic E-state index is 11.7. The number of halogens is 1. The molecule has 1 aromatic carbocycles. The number of ether oxygens (including phenoxy) is 1. The van der Waals surface area contributed by atoms with Crippen molar-refractivity contribution in [3.63, 3.8) is 0 Å². The molecule has 0 atom stereocenters. The van der Waals surface area contributed by atoms with Crippen LogP contribution in [0.5, 0.6) is 0 Å². The molecule has 1 aliphatic rings. The van der Waals surface area contributed by atoms with E-state index in [-0.39, 0.29) is 12.0 Å². The minimum absolute atomic E-state index is 0.0753. The monoisotopic (exact) mass is 349 g/mol. The highest BCUT2D eigenvalue weighted by atomic mass is 35.5. The highest BCUT2D eigenvalue weighted by Gasteiger charge is 2.36. The number of carbonyl (C=O) groups is 1. The lowest BCUT2D eigenvalue weighted by atomic mass is 9.80. The van der Waals surface area contributed by atoms with Gasteiger partial charge in [0.05, 0.1) is 0 Å². The van der Waals surface area contributed by atoms with Crippen LogP contribution in [0, 0.1) is 0 Å². The molecule has 24 heavy (non-hydrogen) atoms. The Morgan fingerprint density at radius 3 is 2.79 bits per heavy atom. The molecule has 0 spiro atoms. The van der Waals surface area contributed by atoms with Gasteiger partial charge in [0.2, 0.25) is 11.7 Å². The lowest BCUT2D eigenvalue weighted by Crippen LogP contribution is -2.45. The third-order valence-electron chi connectivity index (χ3n) is 3.73. The van der Waals surface area contributed by atoms with E-state index in [4.69, 9.17) is 20.9 Å². The third-order valence-corrected chi connectivity index (χ3v) is 3.97. The standard InChI is InChI=1S/C17H20ClN3O3/c1-17(2,3)23-16(22)19-13-8-11(9-13)15-20-14(21-24-15)10-5-4-6-12(18)7-10/h4-7,11,13H,8-9H2,1-3H3,(H,19,22). The molecule has 7 heteroatoms. The largest absolute Gasteiger partial charge is 0.444 e. The maximum absolute atomic E-state index is 11.7. The molecule has 0 radical (unpaired) electrons. The molecule has 1 fully saturated rings. The molecular formula is C17H20ClN3O3. The maximum Gasteiger partial charge on any atom is 0.407 e. The van der Waals surface area contributed by atoms with Crippen LogP contribution in [0.25, 0.3) is 11.4 Å². The Hall–Kier alpha value is -2.08. The van der Waals surface area contributed by atoms with E-state index in [1.807, 2.05) is 32.9 Å². The lowest BCUT2D eigenvalue weighted by Gasteiger charge is -2.33. The molecule has 1 heterocycles. The molecule has 3 rings (SSSR count). The van der Waals surface area contributed by atoms with Gasteiger partial charge in [0.15, 0.2) is 0 Å². The number of hydrogen-bond donors (Lipinski definition) is 1. The molecule has 2 aromatic rings. The molecule has 0 bridgehead atoms. The van der Waals surface area contributed by atoms with Crippen molar-refractivity contribution >= 4 is 17.7 Å². The summed E-state index contributed by atoms with van der Waals surface area (Å²) in [4.78, 5) is 16.2. The lowest BCUT2D eigenvalue weighted by molar-refractivity contribution is 0.0465. The second-order valence-electron chi connectivity index (χ2n) is 6.98. The summed E-state index contributed by atoms with van der Waals surface area (Å²) in [7, 11) is 0. The van der Waals surface area contributed by atoms with Gasteiger partial charge < -0.3 is 14.6 Å². The number of hydrogen-bond acceptors (Lipinski definition) is 5. The quantitative estimate of drug-likeness (QED) is 0.900. The van der Waals surface area contributed by atoms with E-state index in [0.29, 0.717) is 16.7 Å².